The van der Waals surface area contributed by atoms with Gasteiger partial charge in [-0.25, -0.2) is 0 Å². The maximum Gasteiger partial charge on any atom is 0.0594 e. The molecule has 0 aromatic carbocycles. The average Bonchev–Trinajstić information content (AvgIpc) is 2.33. The van der Waals surface area contributed by atoms with Gasteiger partial charge in [-0.2, -0.15) is 0 Å². The molecule has 1 saturated heterocycles. The Bertz CT molecular complexity index is 211. The van der Waals surface area contributed by atoms with Crippen LogP contribution in [0.2, 0.25) is 0 Å². The van der Waals surface area contributed by atoms with E-state index in [0.717, 1.165) is 58.5 Å². The van der Waals surface area contributed by atoms with E-state index in [9.17, 15) is 5.11 Å². The van der Waals surface area contributed by atoms with Gasteiger partial charge in [0.25, 0.3) is 0 Å². The van der Waals surface area contributed by atoms with E-state index in [1.54, 1.807) is 0 Å². The van der Waals surface area contributed by atoms with Gasteiger partial charge >= 0.3 is 0 Å². The molecule has 2 rings (SSSR count). The van der Waals surface area contributed by atoms with Crippen LogP contribution in [0.15, 0.2) is 0 Å². The smallest absolute Gasteiger partial charge is 0.0594 e. The molecule has 2 fully saturated rings. The van der Waals surface area contributed by atoms with Crippen molar-refractivity contribution in [1.29, 1.82) is 0 Å². The molecular weight excluding hydrogens is 216 g/mol. The molecule has 17 heavy (non-hydrogen) atoms. The topological polar surface area (TPSA) is 44.7 Å². The van der Waals surface area contributed by atoms with Gasteiger partial charge in [-0.1, -0.05) is 0 Å². The van der Waals surface area contributed by atoms with E-state index >= 15 is 0 Å². The van der Waals surface area contributed by atoms with Crippen LogP contribution in [0.5, 0.6) is 0 Å². The summed E-state index contributed by atoms with van der Waals surface area (Å²) in [7, 11) is 0. The summed E-state index contributed by atoms with van der Waals surface area (Å²) in [5.41, 5.74) is 0. The fraction of sp³-hybridized carbons (Fsp3) is 1.00. The number of hydrogen-bond donors (Lipinski definition) is 2. The van der Waals surface area contributed by atoms with Crippen molar-refractivity contribution in [3.63, 3.8) is 0 Å². The van der Waals surface area contributed by atoms with Crippen LogP contribution in [-0.4, -0.2) is 61.0 Å². The Morgan fingerprint density at radius 1 is 1.24 bits per heavy atom. The van der Waals surface area contributed by atoms with Crippen LogP contribution in [0, 0.1) is 0 Å². The van der Waals surface area contributed by atoms with E-state index < -0.39 is 0 Å². The molecular formula is C13H26N2O2. The van der Waals surface area contributed by atoms with E-state index in [2.05, 4.69) is 17.1 Å². The van der Waals surface area contributed by atoms with Crippen molar-refractivity contribution in [1.82, 2.24) is 10.2 Å². The number of ether oxygens (including phenoxy) is 1. The Labute approximate surface area is 104 Å². The van der Waals surface area contributed by atoms with Gasteiger partial charge in [0.15, 0.2) is 0 Å². The molecule has 4 heteroatoms. The first-order valence-corrected chi connectivity index (χ1v) is 6.98. The van der Waals surface area contributed by atoms with Gasteiger partial charge in [-0.3, -0.25) is 4.90 Å². The summed E-state index contributed by atoms with van der Waals surface area (Å²) in [5.74, 6) is 0. The first kappa shape index (κ1) is 13.3. The van der Waals surface area contributed by atoms with Gasteiger partial charge in [-0.15, -0.1) is 0 Å². The Morgan fingerprint density at radius 2 is 1.88 bits per heavy atom. The number of hydrogen-bond acceptors (Lipinski definition) is 4. The first-order valence-electron chi connectivity index (χ1n) is 6.98. The lowest BCUT2D eigenvalue weighted by Gasteiger charge is -2.33. The van der Waals surface area contributed by atoms with Crippen LogP contribution in [-0.2, 0) is 4.74 Å². The molecule has 100 valence electrons. The van der Waals surface area contributed by atoms with Crippen LogP contribution >= 0.6 is 0 Å². The van der Waals surface area contributed by atoms with Crippen molar-refractivity contribution in [2.24, 2.45) is 0 Å². The zero-order chi connectivity index (χ0) is 12.1. The number of nitrogens with zero attached hydrogens (tertiary/aromatic N) is 1. The van der Waals surface area contributed by atoms with E-state index in [4.69, 9.17) is 4.74 Å². The molecule has 1 aliphatic carbocycles. The summed E-state index contributed by atoms with van der Waals surface area (Å²) in [6.07, 6.45) is 4.11. The molecule has 0 bridgehead atoms. The Morgan fingerprint density at radius 3 is 2.53 bits per heavy atom. The van der Waals surface area contributed by atoms with Crippen molar-refractivity contribution < 1.29 is 9.84 Å². The van der Waals surface area contributed by atoms with Gasteiger partial charge in [0, 0.05) is 31.7 Å². The summed E-state index contributed by atoms with van der Waals surface area (Å²) in [6, 6.07) is 1.14. The van der Waals surface area contributed by atoms with Gasteiger partial charge < -0.3 is 15.2 Å². The Balaban J connectivity index is 1.64. The molecule has 4 nitrogen and oxygen atoms in total. The van der Waals surface area contributed by atoms with E-state index in [0.29, 0.717) is 12.1 Å². The molecule has 2 N–H and O–H groups in total. The van der Waals surface area contributed by atoms with Gasteiger partial charge in [0.05, 0.1) is 19.3 Å². The SMILES string of the molecule is CC(CN1CCOCC1)NC1CCC(O)CC1. The van der Waals surface area contributed by atoms with E-state index in [-0.39, 0.29) is 6.10 Å². The molecule has 0 aromatic rings. The summed E-state index contributed by atoms with van der Waals surface area (Å²) in [5, 5.41) is 13.2. The number of aliphatic hydroxyl groups is 1. The second-order valence-corrected chi connectivity index (χ2v) is 5.49. The Hall–Kier alpha value is -0.160. The van der Waals surface area contributed by atoms with Crippen molar-refractivity contribution in [3.8, 4) is 0 Å². The minimum Gasteiger partial charge on any atom is -0.393 e. The monoisotopic (exact) mass is 242 g/mol. The predicted octanol–water partition coefficient (Wildman–Crippen LogP) is 0.600. The van der Waals surface area contributed by atoms with Crippen LogP contribution in [0.4, 0.5) is 0 Å². The van der Waals surface area contributed by atoms with Gasteiger partial charge in [0.1, 0.15) is 0 Å². The molecule has 0 aromatic heterocycles. The maximum atomic E-state index is 9.47. The third kappa shape index (κ3) is 4.54. The first-order chi connectivity index (χ1) is 8.24. The highest BCUT2D eigenvalue weighted by molar-refractivity contribution is 4.80. The lowest BCUT2D eigenvalue weighted by Crippen LogP contribution is -2.48. The van der Waals surface area contributed by atoms with Crippen molar-refractivity contribution in [3.05, 3.63) is 0 Å². The molecule has 1 aliphatic heterocycles. The molecule has 0 spiro atoms. The predicted molar refractivity (Wildman–Crippen MR) is 68.1 cm³/mol. The van der Waals surface area contributed by atoms with Crippen LogP contribution in [0.25, 0.3) is 0 Å². The molecule has 0 amide bonds. The number of rotatable bonds is 4. The second kappa shape index (κ2) is 6.69. The quantitative estimate of drug-likeness (QED) is 0.758. The minimum atomic E-state index is -0.0531. The highest BCUT2D eigenvalue weighted by atomic mass is 16.5. The van der Waals surface area contributed by atoms with Gasteiger partial charge in [-0.05, 0) is 32.6 Å². The Kier molecular flexibility index (Phi) is 5.22. The zero-order valence-corrected chi connectivity index (χ0v) is 10.9. The summed E-state index contributed by atoms with van der Waals surface area (Å²) >= 11 is 0. The summed E-state index contributed by atoms with van der Waals surface area (Å²) < 4.78 is 5.35. The zero-order valence-electron chi connectivity index (χ0n) is 10.9. The largest absolute Gasteiger partial charge is 0.393 e. The number of aliphatic hydroxyl groups excluding tert-OH is 1. The lowest BCUT2D eigenvalue weighted by atomic mass is 9.92. The van der Waals surface area contributed by atoms with Crippen LogP contribution in [0.1, 0.15) is 32.6 Å². The van der Waals surface area contributed by atoms with Gasteiger partial charge in [0.2, 0.25) is 0 Å². The average molecular weight is 242 g/mol. The molecule has 2 aliphatic rings. The highest BCUT2D eigenvalue weighted by Gasteiger charge is 2.21. The van der Waals surface area contributed by atoms with Crippen LogP contribution in [0.3, 0.4) is 0 Å². The minimum absolute atomic E-state index is 0.0531. The van der Waals surface area contributed by atoms with Crippen molar-refractivity contribution in [2.75, 3.05) is 32.8 Å². The normalized spacial score (nSPS) is 33.5. The molecule has 1 unspecified atom stereocenters. The standard InChI is InChI=1S/C13H26N2O2/c1-11(10-15-6-8-17-9-7-15)14-12-2-4-13(16)5-3-12/h11-14,16H,2-10H2,1H3. The lowest BCUT2D eigenvalue weighted by molar-refractivity contribution is 0.0329. The third-order valence-corrected chi connectivity index (χ3v) is 3.85. The van der Waals surface area contributed by atoms with Crippen molar-refractivity contribution in [2.45, 2.75) is 50.8 Å². The fourth-order valence-electron chi connectivity index (χ4n) is 2.87. The number of morpholine rings is 1. The number of nitrogens with one attached hydrogen (secondary N) is 1. The van der Waals surface area contributed by atoms with E-state index in [1.807, 2.05) is 0 Å². The molecule has 1 heterocycles. The fourth-order valence-corrected chi connectivity index (χ4v) is 2.87. The molecule has 1 atom stereocenters. The highest BCUT2D eigenvalue weighted by Crippen LogP contribution is 2.18. The summed E-state index contributed by atoms with van der Waals surface area (Å²) in [4.78, 5) is 2.47. The van der Waals surface area contributed by atoms with Crippen molar-refractivity contribution >= 4 is 0 Å². The third-order valence-electron chi connectivity index (χ3n) is 3.85. The maximum absolute atomic E-state index is 9.47. The second-order valence-electron chi connectivity index (χ2n) is 5.49. The summed E-state index contributed by atoms with van der Waals surface area (Å²) in [6.45, 7) is 7.26. The molecule has 0 radical (unpaired) electrons. The van der Waals surface area contributed by atoms with E-state index in [1.165, 1.54) is 0 Å². The molecule has 1 saturated carbocycles. The van der Waals surface area contributed by atoms with Crippen LogP contribution < -0.4 is 5.32 Å².